The van der Waals surface area contributed by atoms with E-state index in [-0.39, 0.29) is 11.3 Å². The molecule has 35 heavy (non-hydrogen) atoms. The van der Waals surface area contributed by atoms with Gasteiger partial charge in [-0.05, 0) is 48.4 Å². The van der Waals surface area contributed by atoms with Gasteiger partial charge in [-0.1, -0.05) is 19.1 Å². The van der Waals surface area contributed by atoms with Crippen LogP contribution in [0.3, 0.4) is 0 Å². The fourth-order valence-electron chi connectivity index (χ4n) is 4.40. The number of carbonyl (C=O) groups excluding carboxylic acids is 2. The van der Waals surface area contributed by atoms with Crippen LogP contribution in [-0.2, 0) is 14.3 Å². The van der Waals surface area contributed by atoms with Crippen LogP contribution in [-0.4, -0.2) is 79.7 Å². The lowest BCUT2D eigenvalue weighted by Crippen LogP contribution is -2.42. The Hall–Kier alpha value is -3.36. The molecule has 2 aromatic rings. The predicted octanol–water partition coefficient (Wildman–Crippen LogP) is 3.24. The lowest BCUT2D eigenvalue weighted by atomic mass is 9.95. The van der Waals surface area contributed by atoms with Gasteiger partial charge in [0.2, 0.25) is 0 Å². The Bertz CT molecular complexity index is 1060. The van der Waals surface area contributed by atoms with Gasteiger partial charge in [0.1, 0.15) is 17.3 Å². The highest BCUT2D eigenvalue weighted by molar-refractivity contribution is 6.46. The third kappa shape index (κ3) is 5.49. The number of benzene rings is 2. The van der Waals surface area contributed by atoms with Gasteiger partial charge in [0.05, 0.1) is 38.5 Å². The minimum Gasteiger partial charge on any atom is -0.507 e. The molecule has 2 heterocycles. The molecule has 8 nitrogen and oxygen atoms in total. The van der Waals surface area contributed by atoms with Crippen LogP contribution in [0.5, 0.6) is 11.5 Å². The highest BCUT2D eigenvalue weighted by Crippen LogP contribution is 2.39. The first-order valence-electron chi connectivity index (χ1n) is 12.0. The number of hydrogen-bond acceptors (Lipinski definition) is 7. The molecule has 1 amide bonds. The number of hydrogen-bond donors (Lipinski definition) is 1. The van der Waals surface area contributed by atoms with E-state index in [0.717, 1.165) is 25.1 Å². The molecule has 0 radical (unpaired) electrons. The summed E-state index contributed by atoms with van der Waals surface area (Å²) in [4.78, 5) is 30.1. The molecule has 2 saturated heterocycles. The number of amides is 1. The van der Waals surface area contributed by atoms with Gasteiger partial charge in [-0.2, -0.15) is 0 Å². The van der Waals surface area contributed by atoms with E-state index in [0.29, 0.717) is 50.0 Å². The SMILES string of the molecule is CCCOc1ccc(/C(O)=C2\C(=O)C(=O)N(CCN3CCOCC3)[C@@H]2c2ccc(OC)cc2)cc1. The van der Waals surface area contributed by atoms with Crippen LogP contribution in [0.15, 0.2) is 54.1 Å². The first-order chi connectivity index (χ1) is 17.0. The van der Waals surface area contributed by atoms with Gasteiger partial charge >= 0.3 is 0 Å². The molecule has 1 N–H and O–H groups in total. The second kappa shape index (κ2) is 11.4. The molecule has 2 fully saturated rings. The molecule has 2 aliphatic heterocycles. The maximum Gasteiger partial charge on any atom is 0.295 e. The number of rotatable bonds is 9. The first kappa shape index (κ1) is 24.8. The van der Waals surface area contributed by atoms with Crippen molar-refractivity contribution >= 4 is 17.4 Å². The smallest absolute Gasteiger partial charge is 0.295 e. The predicted molar refractivity (Wildman–Crippen MR) is 131 cm³/mol. The number of ether oxygens (including phenoxy) is 3. The number of aliphatic hydroxyl groups excluding tert-OH is 1. The lowest BCUT2D eigenvalue weighted by molar-refractivity contribution is -0.140. The molecule has 2 aliphatic rings. The number of carbonyl (C=O) groups is 2. The van der Waals surface area contributed by atoms with Crippen molar-refractivity contribution in [1.29, 1.82) is 0 Å². The van der Waals surface area contributed by atoms with E-state index in [1.807, 2.05) is 19.1 Å². The number of methoxy groups -OCH3 is 1. The van der Waals surface area contributed by atoms with Crippen molar-refractivity contribution < 1.29 is 28.9 Å². The average Bonchev–Trinajstić information content (AvgIpc) is 3.16. The number of likely N-dealkylation sites (tertiary alicyclic amines) is 1. The Labute approximate surface area is 205 Å². The van der Waals surface area contributed by atoms with Crippen LogP contribution in [0.1, 0.15) is 30.5 Å². The molecule has 0 bridgehead atoms. The fraction of sp³-hybridized carbons (Fsp3) is 0.407. The summed E-state index contributed by atoms with van der Waals surface area (Å²) in [7, 11) is 1.58. The number of morpholine rings is 1. The molecule has 186 valence electrons. The molecule has 0 spiro atoms. The third-order valence-corrected chi connectivity index (χ3v) is 6.33. The molecule has 4 rings (SSSR count). The summed E-state index contributed by atoms with van der Waals surface area (Å²) < 4.78 is 16.3. The molecule has 0 aliphatic carbocycles. The van der Waals surface area contributed by atoms with E-state index in [2.05, 4.69) is 4.90 Å². The summed E-state index contributed by atoms with van der Waals surface area (Å²) in [6, 6.07) is 13.4. The van der Waals surface area contributed by atoms with E-state index in [9.17, 15) is 14.7 Å². The highest BCUT2D eigenvalue weighted by Gasteiger charge is 2.46. The average molecular weight is 481 g/mol. The van der Waals surface area contributed by atoms with Crippen LogP contribution in [0, 0.1) is 0 Å². The normalized spacial score (nSPS) is 20.3. The second-order valence-electron chi connectivity index (χ2n) is 8.59. The monoisotopic (exact) mass is 480 g/mol. The van der Waals surface area contributed by atoms with Gasteiger partial charge in [0.15, 0.2) is 0 Å². The Morgan fingerprint density at radius 1 is 1.00 bits per heavy atom. The Kier molecular flexibility index (Phi) is 8.05. The van der Waals surface area contributed by atoms with Gasteiger partial charge in [0.25, 0.3) is 11.7 Å². The van der Waals surface area contributed by atoms with Crippen LogP contribution < -0.4 is 9.47 Å². The Balaban J connectivity index is 1.68. The summed E-state index contributed by atoms with van der Waals surface area (Å²) in [5, 5.41) is 11.2. The maximum atomic E-state index is 13.2. The Morgan fingerprint density at radius 3 is 2.29 bits per heavy atom. The van der Waals surface area contributed by atoms with Crippen LogP contribution in [0.25, 0.3) is 5.76 Å². The molecule has 0 unspecified atom stereocenters. The molecule has 8 heteroatoms. The minimum absolute atomic E-state index is 0.0874. The summed E-state index contributed by atoms with van der Waals surface area (Å²) in [5.41, 5.74) is 1.28. The number of nitrogens with zero attached hydrogens (tertiary/aromatic N) is 2. The zero-order chi connectivity index (χ0) is 24.8. The second-order valence-corrected chi connectivity index (χ2v) is 8.59. The molecule has 0 aromatic heterocycles. The molecule has 2 aromatic carbocycles. The molecular weight excluding hydrogens is 448 g/mol. The maximum absolute atomic E-state index is 13.2. The van der Waals surface area contributed by atoms with E-state index < -0.39 is 17.7 Å². The number of aliphatic hydroxyl groups is 1. The van der Waals surface area contributed by atoms with E-state index in [1.165, 1.54) is 0 Å². The standard InChI is InChI=1S/C27H32N2O6/c1-3-16-35-22-10-6-20(7-11-22)25(30)23-24(19-4-8-21(33-2)9-5-19)29(27(32)26(23)31)13-12-28-14-17-34-18-15-28/h4-11,24,30H,3,12-18H2,1-2H3/b25-23+/t24-/m1/s1. The summed E-state index contributed by atoms with van der Waals surface area (Å²) in [6.45, 7) is 6.47. The zero-order valence-corrected chi connectivity index (χ0v) is 20.2. The summed E-state index contributed by atoms with van der Waals surface area (Å²) in [6.07, 6.45) is 0.886. The van der Waals surface area contributed by atoms with Crippen molar-refractivity contribution in [2.45, 2.75) is 19.4 Å². The van der Waals surface area contributed by atoms with Gasteiger partial charge in [-0.15, -0.1) is 0 Å². The van der Waals surface area contributed by atoms with E-state index in [4.69, 9.17) is 14.2 Å². The topological polar surface area (TPSA) is 88.5 Å². The summed E-state index contributed by atoms with van der Waals surface area (Å²) in [5.74, 6) is -0.136. The number of ketones is 1. The molecule has 0 saturated carbocycles. The van der Waals surface area contributed by atoms with Gasteiger partial charge in [-0.3, -0.25) is 14.5 Å². The first-order valence-corrected chi connectivity index (χ1v) is 12.0. The van der Waals surface area contributed by atoms with Crippen molar-refractivity contribution in [2.24, 2.45) is 0 Å². The van der Waals surface area contributed by atoms with Crippen molar-refractivity contribution in [3.8, 4) is 11.5 Å². The molecular formula is C27H32N2O6. The fourth-order valence-corrected chi connectivity index (χ4v) is 4.40. The highest BCUT2D eigenvalue weighted by atomic mass is 16.5. The van der Waals surface area contributed by atoms with Crippen molar-refractivity contribution in [3.63, 3.8) is 0 Å². The van der Waals surface area contributed by atoms with Crippen LogP contribution >= 0.6 is 0 Å². The summed E-state index contributed by atoms with van der Waals surface area (Å²) >= 11 is 0. The Morgan fingerprint density at radius 2 is 1.66 bits per heavy atom. The van der Waals surface area contributed by atoms with Crippen molar-refractivity contribution in [3.05, 3.63) is 65.2 Å². The molecule has 1 atom stereocenters. The minimum atomic E-state index is -0.696. The zero-order valence-electron chi connectivity index (χ0n) is 20.2. The van der Waals surface area contributed by atoms with Crippen molar-refractivity contribution in [2.75, 3.05) is 53.1 Å². The number of Topliss-reactive ketones (excluding diaryl/α,β-unsaturated/α-hetero) is 1. The van der Waals surface area contributed by atoms with E-state index >= 15 is 0 Å². The van der Waals surface area contributed by atoms with Gasteiger partial charge in [0, 0.05) is 31.7 Å². The lowest BCUT2D eigenvalue weighted by Gasteiger charge is -2.31. The van der Waals surface area contributed by atoms with E-state index in [1.54, 1.807) is 48.4 Å². The van der Waals surface area contributed by atoms with Crippen LogP contribution in [0.4, 0.5) is 0 Å². The van der Waals surface area contributed by atoms with Crippen molar-refractivity contribution in [1.82, 2.24) is 9.80 Å². The van der Waals surface area contributed by atoms with Gasteiger partial charge < -0.3 is 24.2 Å². The quantitative estimate of drug-likeness (QED) is 0.335. The van der Waals surface area contributed by atoms with Gasteiger partial charge in [-0.25, -0.2) is 0 Å². The largest absolute Gasteiger partial charge is 0.507 e. The van der Waals surface area contributed by atoms with Crippen LogP contribution in [0.2, 0.25) is 0 Å². The third-order valence-electron chi connectivity index (χ3n) is 6.33.